The molecule has 3 nitrogen and oxygen atoms in total. The van der Waals surface area contributed by atoms with E-state index in [0.29, 0.717) is 12.2 Å². The van der Waals surface area contributed by atoms with E-state index in [0.717, 1.165) is 10.8 Å². The second kappa shape index (κ2) is 4.97. The Balaban J connectivity index is 2.43. The molecule has 0 fully saturated rings. The lowest BCUT2D eigenvalue weighted by Gasteiger charge is -2.13. The molecule has 0 radical (unpaired) electrons. The van der Waals surface area contributed by atoms with Crippen LogP contribution in [0.2, 0.25) is 0 Å². The molecule has 0 aromatic heterocycles. The van der Waals surface area contributed by atoms with Crippen molar-refractivity contribution >= 4 is 16.7 Å². The maximum absolute atomic E-state index is 11.1. The summed E-state index contributed by atoms with van der Waals surface area (Å²) in [6.07, 6.45) is -0.885. The number of carbonyl (C=O) groups is 1. The third kappa shape index (κ3) is 2.45. The Kier molecular flexibility index (Phi) is 3.40. The summed E-state index contributed by atoms with van der Waals surface area (Å²) in [6, 6.07) is 13.4. The number of aliphatic carboxylic acids is 1. The van der Waals surface area contributed by atoms with Crippen LogP contribution in [0.3, 0.4) is 0 Å². The lowest BCUT2D eigenvalue weighted by atomic mass is 10.0. The Morgan fingerprint density at radius 3 is 2.59 bits per heavy atom. The van der Waals surface area contributed by atoms with Crippen LogP contribution in [0, 0.1) is 0 Å². The van der Waals surface area contributed by atoms with Gasteiger partial charge in [0.25, 0.3) is 0 Å². The highest BCUT2D eigenvalue weighted by Crippen LogP contribution is 2.23. The summed E-state index contributed by atoms with van der Waals surface area (Å²) in [5.74, 6) is -0.956. The molecule has 1 N–H and O–H groups in total. The normalized spacial score (nSPS) is 12.5. The fraction of sp³-hybridized carbons (Fsp3) is 0.214. The maximum Gasteiger partial charge on any atom is 0.337 e. The molecule has 0 aliphatic rings. The van der Waals surface area contributed by atoms with E-state index in [-0.39, 0.29) is 0 Å². The quantitative estimate of drug-likeness (QED) is 0.878. The van der Waals surface area contributed by atoms with E-state index in [4.69, 9.17) is 9.84 Å². The van der Waals surface area contributed by atoms with Crippen LogP contribution in [0.15, 0.2) is 42.5 Å². The molecule has 2 rings (SSSR count). The Morgan fingerprint density at radius 2 is 1.94 bits per heavy atom. The highest BCUT2D eigenvalue weighted by atomic mass is 16.5. The van der Waals surface area contributed by atoms with Crippen molar-refractivity contribution in [1.82, 2.24) is 0 Å². The third-order valence-electron chi connectivity index (χ3n) is 2.63. The van der Waals surface area contributed by atoms with Gasteiger partial charge in [0.2, 0.25) is 0 Å². The molecule has 0 saturated heterocycles. The van der Waals surface area contributed by atoms with Gasteiger partial charge in [0.05, 0.1) is 0 Å². The van der Waals surface area contributed by atoms with Crippen LogP contribution in [-0.2, 0) is 9.53 Å². The van der Waals surface area contributed by atoms with Crippen molar-refractivity contribution in [3.8, 4) is 0 Å². The molecule has 0 aliphatic heterocycles. The van der Waals surface area contributed by atoms with Gasteiger partial charge < -0.3 is 9.84 Å². The molecular weight excluding hydrogens is 216 g/mol. The lowest BCUT2D eigenvalue weighted by Crippen LogP contribution is -2.15. The number of carboxylic acid groups (broad SMARTS) is 1. The van der Waals surface area contributed by atoms with E-state index in [1.165, 1.54) is 0 Å². The van der Waals surface area contributed by atoms with Crippen molar-refractivity contribution in [3.05, 3.63) is 48.0 Å². The van der Waals surface area contributed by atoms with Crippen molar-refractivity contribution in [2.75, 3.05) is 6.61 Å². The summed E-state index contributed by atoms with van der Waals surface area (Å²) in [5, 5.41) is 11.2. The topological polar surface area (TPSA) is 46.5 Å². The zero-order valence-electron chi connectivity index (χ0n) is 9.59. The van der Waals surface area contributed by atoms with Gasteiger partial charge in [-0.25, -0.2) is 4.79 Å². The summed E-state index contributed by atoms with van der Waals surface area (Å²) in [4.78, 5) is 11.1. The minimum absolute atomic E-state index is 0.379. The second-order valence-electron chi connectivity index (χ2n) is 3.78. The van der Waals surface area contributed by atoms with E-state index in [9.17, 15) is 4.79 Å². The summed E-state index contributed by atoms with van der Waals surface area (Å²) in [5.41, 5.74) is 0.679. The van der Waals surface area contributed by atoms with Gasteiger partial charge in [-0.15, -0.1) is 0 Å². The smallest absolute Gasteiger partial charge is 0.337 e. The standard InChI is InChI=1S/C14H14O3/c1-2-17-13(14(15)16)12-8-7-10-5-3-4-6-11(10)9-12/h3-9,13H,2H2,1H3,(H,15,16). The molecule has 2 aromatic carbocycles. The summed E-state index contributed by atoms with van der Waals surface area (Å²) >= 11 is 0. The first-order valence-corrected chi connectivity index (χ1v) is 5.55. The van der Waals surface area contributed by atoms with Crippen LogP contribution < -0.4 is 0 Å². The third-order valence-corrected chi connectivity index (χ3v) is 2.63. The lowest BCUT2D eigenvalue weighted by molar-refractivity contribution is -0.150. The molecule has 0 aliphatic carbocycles. The van der Waals surface area contributed by atoms with Gasteiger partial charge >= 0.3 is 5.97 Å². The van der Waals surface area contributed by atoms with Crippen LogP contribution in [0.5, 0.6) is 0 Å². The van der Waals surface area contributed by atoms with E-state index >= 15 is 0 Å². The van der Waals surface area contributed by atoms with E-state index in [1.54, 1.807) is 13.0 Å². The molecule has 88 valence electrons. The molecule has 0 saturated carbocycles. The molecule has 0 bridgehead atoms. The van der Waals surface area contributed by atoms with Gasteiger partial charge in [-0.05, 0) is 29.3 Å². The van der Waals surface area contributed by atoms with E-state index < -0.39 is 12.1 Å². The van der Waals surface area contributed by atoms with Crippen LogP contribution in [-0.4, -0.2) is 17.7 Å². The van der Waals surface area contributed by atoms with Crippen molar-refractivity contribution in [2.24, 2.45) is 0 Å². The van der Waals surface area contributed by atoms with Crippen molar-refractivity contribution < 1.29 is 14.6 Å². The average molecular weight is 230 g/mol. The van der Waals surface area contributed by atoms with Crippen LogP contribution in [0.1, 0.15) is 18.6 Å². The maximum atomic E-state index is 11.1. The number of hydrogen-bond acceptors (Lipinski definition) is 2. The summed E-state index contributed by atoms with van der Waals surface area (Å²) in [7, 11) is 0. The number of fused-ring (bicyclic) bond motifs is 1. The van der Waals surface area contributed by atoms with Crippen LogP contribution >= 0.6 is 0 Å². The predicted molar refractivity (Wildman–Crippen MR) is 66.0 cm³/mol. The molecule has 0 spiro atoms. The van der Waals surface area contributed by atoms with Crippen molar-refractivity contribution in [2.45, 2.75) is 13.0 Å². The second-order valence-corrected chi connectivity index (χ2v) is 3.78. The number of hydrogen-bond donors (Lipinski definition) is 1. The number of rotatable bonds is 4. The number of carboxylic acids is 1. The van der Waals surface area contributed by atoms with Gasteiger partial charge in [-0.2, -0.15) is 0 Å². The molecule has 17 heavy (non-hydrogen) atoms. The Labute approximate surface area is 99.6 Å². The van der Waals surface area contributed by atoms with E-state index in [2.05, 4.69) is 0 Å². The predicted octanol–water partition coefficient (Wildman–Crippen LogP) is 3.00. The molecule has 1 atom stereocenters. The van der Waals surface area contributed by atoms with Crippen LogP contribution in [0.4, 0.5) is 0 Å². The van der Waals surface area contributed by atoms with Gasteiger partial charge in [0.15, 0.2) is 6.10 Å². The zero-order chi connectivity index (χ0) is 12.3. The molecule has 1 unspecified atom stereocenters. The highest BCUT2D eigenvalue weighted by Gasteiger charge is 2.19. The van der Waals surface area contributed by atoms with Crippen LogP contribution in [0.25, 0.3) is 10.8 Å². The zero-order valence-corrected chi connectivity index (χ0v) is 9.59. The molecular formula is C14H14O3. The first-order chi connectivity index (χ1) is 8.22. The van der Waals surface area contributed by atoms with Gasteiger partial charge in [-0.3, -0.25) is 0 Å². The molecule has 3 heteroatoms. The summed E-state index contributed by atoms with van der Waals surface area (Å²) in [6.45, 7) is 2.17. The van der Waals surface area contributed by atoms with Gasteiger partial charge in [-0.1, -0.05) is 36.4 Å². The fourth-order valence-corrected chi connectivity index (χ4v) is 1.85. The monoisotopic (exact) mass is 230 g/mol. The summed E-state index contributed by atoms with van der Waals surface area (Å²) < 4.78 is 5.24. The Bertz CT molecular complexity index is 534. The molecule has 0 amide bonds. The number of ether oxygens (including phenoxy) is 1. The SMILES string of the molecule is CCOC(C(=O)O)c1ccc2ccccc2c1. The number of benzene rings is 2. The molecule has 0 heterocycles. The van der Waals surface area contributed by atoms with Gasteiger partial charge in [0, 0.05) is 6.61 Å². The Morgan fingerprint density at radius 1 is 1.24 bits per heavy atom. The first-order valence-electron chi connectivity index (χ1n) is 5.55. The van der Waals surface area contributed by atoms with E-state index in [1.807, 2.05) is 36.4 Å². The average Bonchev–Trinajstić information content (AvgIpc) is 2.35. The Hall–Kier alpha value is -1.87. The minimum atomic E-state index is -0.956. The fourth-order valence-electron chi connectivity index (χ4n) is 1.85. The van der Waals surface area contributed by atoms with Crippen molar-refractivity contribution in [3.63, 3.8) is 0 Å². The minimum Gasteiger partial charge on any atom is -0.479 e. The first kappa shape index (κ1) is 11.6. The van der Waals surface area contributed by atoms with Gasteiger partial charge in [0.1, 0.15) is 0 Å². The largest absolute Gasteiger partial charge is 0.479 e. The van der Waals surface area contributed by atoms with Crippen molar-refractivity contribution in [1.29, 1.82) is 0 Å². The highest BCUT2D eigenvalue weighted by molar-refractivity contribution is 5.85. The molecule has 2 aromatic rings.